The molecule has 0 saturated carbocycles. The van der Waals surface area contributed by atoms with Gasteiger partial charge in [-0.1, -0.05) is 30.3 Å². The molecule has 0 aliphatic heterocycles. The highest BCUT2D eigenvalue weighted by atomic mass is 127. The van der Waals surface area contributed by atoms with Gasteiger partial charge in [0.15, 0.2) is 5.96 Å². The van der Waals surface area contributed by atoms with Crippen LogP contribution in [0.25, 0.3) is 10.8 Å². The van der Waals surface area contributed by atoms with Gasteiger partial charge in [0.2, 0.25) is 0 Å². The number of nitrogens with one attached hydrogen (secondary N) is 1. The molecule has 0 unspecified atom stereocenters. The molecule has 0 saturated heterocycles. The third-order valence-electron chi connectivity index (χ3n) is 3.41. The van der Waals surface area contributed by atoms with Crippen LogP contribution in [0.4, 0.5) is 0 Å². The summed E-state index contributed by atoms with van der Waals surface area (Å²) in [6.45, 7) is 1.28. The van der Waals surface area contributed by atoms with E-state index in [0.29, 0.717) is 12.5 Å². The Labute approximate surface area is 156 Å². The van der Waals surface area contributed by atoms with E-state index in [1.165, 1.54) is 10.3 Å². The maximum Gasteiger partial charge on any atom is 0.188 e. The molecule has 0 amide bonds. The van der Waals surface area contributed by atoms with Gasteiger partial charge in [-0.3, -0.25) is 4.98 Å². The number of pyridine rings is 1. The number of halogens is 1. The lowest BCUT2D eigenvalue weighted by molar-refractivity contribution is 0.854. The molecule has 0 spiro atoms. The molecule has 2 aromatic heterocycles. The minimum absolute atomic E-state index is 0. The second-order valence-corrected chi connectivity index (χ2v) is 5.97. The number of nitrogens with two attached hydrogens (primary N) is 1. The van der Waals surface area contributed by atoms with Gasteiger partial charge in [-0.05, 0) is 29.3 Å². The van der Waals surface area contributed by atoms with E-state index in [0.717, 1.165) is 24.0 Å². The summed E-state index contributed by atoms with van der Waals surface area (Å²) >= 11 is 1.76. The van der Waals surface area contributed by atoms with Crippen molar-refractivity contribution in [3.05, 3.63) is 64.6 Å². The smallest absolute Gasteiger partial charge is 0.188 e. The van der Waals surface area contributed by atoms with Crippen molar-refractivity contribution in [1.29, 1.82) is 0 Å². The van der Waals surface area contributed by atoms with Crippen LogP contribution in [0.15, 0.2) is 59.0 Å². The van der Waals surface area contributed by atoms with Gasteiger partial charge < -0.3 is 11.1 Å². The van der Waals surface area contributed by atoms with Gasteiger partial charge in [-0.2, -0.15) is 0 Å². The second kappa shape index (κ2) is 8.83. The zero-order chi connectivity index (χ0) is 15.2. The average Bonchev–Trinajstić information content (AvgIpc) is 3.06. The van der Waals surface area contributed by atoms with Crippen LogP contribution in [0.1, 0.15) is 10.6 Å². The Bertz CT molecular complexity index is 766. The van der Waals surface area contributed by atoms with E-state index in [1.807, 2.05) is 24.4 Å². The molecule has 120 valence electrons. The Morgan fingerprint density at radius 1 is 1.17 bits per heavy atom. The fourth-order valence-corrected chi connectivity index (χ4v) is 3.00. The minimum Gasteiger partial charge on any atom is -0.370 e. The first-order valence-electron chi connectivity index (χ1n) is 7.22. The van der Waals surface area contributed by atoms with Gasteiger partial charge in [0.25, 0.3) is 0 Å². The van der Waals surface area contributed by atoms with Crippen molar-refractivity contribution in [1.82, 2.24) is 10.3 Å². The van der Waals surface area contributed by atoms with Crippen molar-refractivity contribution >= 4 is 52.0 Å². The van der Waals surface area contributed by atoms with E-state index in [4.69, 9.17) is 5.73 Å². The molecule has 2 heterocycles. The van der Waals surface area contributed by atoms with Crippen LogP contribution in [-0.2, 0) is 13.0 Å². The maximum atomic E-state index is 5.92. The van der Waals surface area contributed by atoms with Crippen molar-refractivity contribution in [2.75, 3.05) is 6.54 Å². The van der Waals surface area contributed by atoms with Gasteiger partial charge in [-0.25, -0.2) is 4.99 Å². The number of nitrogens with zero attached hydrogens (tertiary/aromatic N) is 2. The molecule has 0 atom stereocenters. The SMILES string of the molecule is I.NC(=NCc1nccc2ccccc12)NCCc1cccs1. The molecule has 0 bridgehead atoms. The maximum absolute atomic E-state index is 5.92. The highest BCUT2D eigenvalue weighted by molar-refractivity contribution is 14.0. The third kappa shape index (κ3) is 4.90. The summed E-state index contributed by atoms with van der Waals surface area (Å²) in [6.07, 6.45) is 2.77. The molecule has 3 N–H and O–H groups in total. The molecular weight excluding hydrogens is 419 g/mol. The van der Waals surface area contributed by atoms with Crippen LogP contribution in [0.5, 0.6) is 0 Å². The number of benzene rings is 1. The number of hydrogen-bond donors (Lipinski definition) is 2. The number of rotatable bonds is 5. The van der Waals surface area contributed by atoms with Crippen molar-refractivity contribution in [2.45, 2.75) is 13.0 Å². The minimum atomic E-state index is 0. The van der Waals surface area contributed by atoms with Crippen LogP contribution in [0, 0.1) is 0 Å². The third-order valence-corrected chi connectivity index (χ3v) is 4.35. The fraction of sp³-hybridized carbons (Fsp3) is 0.176. The molecule has 6 heteroatoms. The first kappa shape index (κ1) is 17.7. The summed E-state index contributed by atoms with van der Waals surface area (Å²) in [6, 6.07) is 14.4. The summed E-state index contributed by atoms with van der Waals surface area (Å²) in [4.78, 5) is 10.1. The molecule has 3 rings (SSSR count). The lowest BCUT2D eigenvalue weighted by Crippen LogP contribution is -2.33. The molecule has 1 aromatic carbocycles. The Hall–Kier alpha value is -1.67. The number of aromatic nitrogens is 1. The summed E-state index contributed by atoms with van der Waals surface area (Å²) in [7, 11) is 0. The standard InChI is InChI=1S/C17H18N4S.HI/c18-17(20-10-8-14-5-3-11-22-14)21-12-16-15-6-2-1-4-13(15)7-9-19-16;/h1-7,9,11H,8,10,12H2,(H3,18,20,21);1H. The molecule has 0 fully saturated rings. The quantitative estimate of drug-likeness (QED) is 0.364. The van der Waals surface area contributed by atoms with Crippen LogP contribution in [0.3, 0.4) is 0 Å². The molecule has 3 aromatic rings. The summed E-state index contributed by atoms with van der Waals surface area (Å²) in [5.74, 6) is 0.464. The Morgan fingerprint density at radius 2 is 2.04 bits per heavy atom. The van der Waals surface area contributed by atoms with E-state index in [2.05, 4.69) is 44.9 Å². The topological polar surface area (TPSA) is 63.3 Å². The molecule has 23 heavy (non-hydrogen) atoms. The number of aliphatic imine (C=N–C) groups is 1. The molecule has 0 aliphatic rings. The first-order valence-corrected chi connectivity index (χ1v) is 8.10. The second-order valence-electron chi connectivity index (χ2n) is 4.94. The Kier molecular flexibility index (Phi) is 6.79. The number of guanidine groups is 1. The largest absolute Gasteiger partial charge is 0.370 e. The van der Waals surface area contributed by atoms with Gasteiger partial charge in [0.05, 0.1) is 12.2 Å². The predicted molar refractivity (Wildman–Crippen MR) is 109 cm³/mol. The fourth-order valence-electron chi connectivity index (χ4n) is 2.29. The zero-order valence-corrected chi connectivity index (χ0v) is 15.8. The van der Waals surface area contributed by atoms with Crippen LogP contribution >= 0.6 is 35.3 Å². The molecule has 4 nitrogen and oxygen atoms in total. The summed E-state index contributed by atoms with van der Waals surface area (Å²) < 4.78 is 0. The average molecular weight is 438 g/mol. The Morgan fingerprint density at radius 3 is 2.87 bits per heavy atom. The van der Waals surface area contributed by atoms with Gasteiger partial charge >= 0.3 is 0 Å². The molecule has 0 aliphatic carbocycles. The summed E-state index contributed by atoms with van der Waals surface area (Å²) in [5, 5.41) is 7.53. The van der Waals surface area contributed by atoms with Gasteiger partial charge in [-0.15, -0.1) is 35.3 Å². The van der Waals surface area contributed by atoms with Crippen LogP contribution < -0.4 is 11.1 Å². The zero-order valence-electron chi connectivity index (χ0n) is 12.6. The number of fused-ring (bicyclic) bond motifs is 1. The summed E-state index contributed by atoms with van der Waals surface area (Å²) in [5.41, 5.74) is 6.87. The van der Waals surface area contributed by atoms with Gasteiger partial charge in [0.1, 0.15) is 0 Å². The van der Waals surface area contributed by atoms with Crippen molar-refractivity contribution in [3.8, 4) is 0 Å². The van der Waals surface area contributed by atoms with E-state index in [-0.39, 0.29) is 24.0 Å². The Balaban J connectivity index is 0.00000192. The highest BCUT2D eigenvalue weighted by Crippen LogP contribution is 2.16. The van der Waals surface area contributed by atoms with Crippen molar-refractivity contribution in [3.63, 3.8) is 0 Å². The molecular formula is C17H19IN4S. The lowest BCUT2D eigenvalue weighted by atomic mass is 10.1. The van der Waals surface area contributed by atoms with E-state index >= 15 is 0 Å². The highest BCUT2D eigenvalue weighted by Gasteiger charge is 2.01. The number of hydrogen-bond acceptors (Lipinski definition) is 3. The predicted octanol–water partition coefficient (Wildman–Crippen LogP) is 3.56. The van der Waals surface area contributed by atoms with Crippen LogP contribution in [-0.4, -0.2) is 17.5 Å². The van der Waals surface area contributed by atoms with Crippen molar-refractivity contribution < 1.29 is 0 Å². The first-order chi connectivity index (χ1) is 10.8. The molecule has 0 radical (unpaired) electrons. The lowest BCUT2D eigenvalue weighted by Gasteiger charge is -2.06. The van der Waals surface area contributed by atoms with Crippen LogP contribution in [0.2, 0.25) is 0 Å². The monoisotopic (exact) mass is 438 g/mol. The number of thiophene rings is 1. The van der Waals surface area contributed by atoms with Gasteiger partial charge in [0, 0.05) is 23.0 Å². The van der Waals surface area contributed by atoms with E-state index in [1.54, 1.807) is 11.3 Å². The van der Waals surface area contributed by atoms with E-state index < -0.39 is 0 Å². The van der Waals surface area contributed by atoms with Crippen molar-refractivity contribution in [2.24, 2.45) is 10.7 Å². The normalized spacial score (nSPS) is 11.2. The van der Waals surface area contributed by atoms with E-state index in [9.17, 15) is 0 Å².